The minimum absolute atomic E-state index is 0.0344. The van der Waals surface area contributed by atoms with Gasteiger partial charge in [0, 0.05) is 13.2 Å². The Labute approximate surface area is 103 Å². The normalized spacial score (nSPS) is 20.3. The Morgan fingerprint density at radius 3 is 2.65 bits per heavy atom. The largest absolute Gasteiger partial charge is 0.394 e. The van der Waals surface area contributed by atoms with Gasteiger partial charge in [-0.15, -0.1) is 0 Å². The molecule has 1 rings (SSSR count). The van der Waals surface area contributed by atoms with Crippen LogP contribution in [0.3, 0.4) is 0 Å². The van der Waals surface area contributed by atoms with Gasteiger partial charge in [0.1, 0.15) is 0 Å². The third-order valence-electron chi connectivity index (χ3n) is 3.55. The summed E-state index contributed by atoms with van der Waals surface area (Å²) in [4.78, 5) is 11.7. The quantitative estimate of drug-likeness (QED) is 0.653. The van der Waals surface area contributed by atoms with Gasteiger partial charge in [0.05, 0.1) is 18.2 Å². The molecule has 0 saturated carbocycles. The molecule has 1 heterocycles. The molecule has 0 radical (unpaired) electrons. The van der Waals surface area contributed by atoms with Crippen LogP contribution in [-0.2, 0) is 4.74 Å². The summed E-state index contributed by atoms with van der Waals surface area (Å²) in [6.07, 6.45) is 3.65. The standard InChI is InChI=1S/C12H24N2O3/c1-3-12(4-2,9-15)14-11(16)13-8-10-6-5-7-17-10/h10,15H,3-9H2,1-2H3,(H2,13,14,16). The fraction of sp³-hybridized carbons (Fsp3) is 0.917. The van der Waals surface area contributed by atoms with Crippen LogP contribution in [0.15, 0.2) is 0 Å². The summed E-state index contributed by atoms with van der Waals surface area (Å²) in [6, 6.07) is -0.224. The molecule has 1 atom stereocenters. The zero-order valence-corrected chi connectivity index (χ0v) is 10.8. The second-order valence-electron chi connectivity index (χ2n) is 4.62. The smallest absolute Gasteiger partial charge is 0.315 e. The average molecular weight is 244 g/mol. The van der Waals surface area contributed by atoms with Crippen LogP contribution in [0.1, 0.15) is 39.5 Å². The fourth-order valence-corrected chi connectivity index (χ4v) is 1.99. The number of aliphatic hydroxyl groups is 1. The van der Waals surface area contributed by atoms with Crippen molar-refractivity contribution in [3.05, 3.63) is 0 Å². The van der Waals surface area contributed by atoms with E-state index in [2.05, 4.69) is 10.6 Å². The van der Waals surface area contributed by atoms with E-state index in [9.17, 15) is 9.90 Å². The number of carbonyl (C=O) groups excluding carboxylic acids is 1. The lowest BCUT2D eigenvalue weighted by Crippen LogP contribution is -2.54. The summed E-state index contributed by atoms with van der Waals surface area (Å²) in [5.74, 6) is 0. The van der Waals surface area contributed by atoms with E-state index in [1.807, 2.05) is 13.8 Å². The molecule has 1 saturated heterocycles. The molecule has 5 nitrogen and oxygen atoms in total. The molecule has 1 aliphatic rings. The molecule has 3 N–H and O–H groups in total. The molecule has 0 aliphatic carbocycles. The molecule has 2 amide bonds. The van der Waals surface area contributed by atoms with Crippen molar-refractivity contribution in [1.29, 1.82) is 0 Å². The minimum atomic E-state index is -0.499. The van der Waals surface area contributed by atoms with Crippen LogP contribution in [0.4, 0.5) is 4.79 Å². The molecule has 17 heavy (non-hydrogen) atoms. The minimum Gasteiger partial charge on any atom is -0.394 e. The van der Waals surface area contributed by atoms with E-state index in [0.29, 0.717) is 19.4 Å². The second kappa shape index (κ2) is 6.81. The van der Waals surface area contributed by atoms with Crippen molar-refractivity contribution < 1.29 is 14.6 Å². The van der Waals surface area contributed by atoms with Crippen molar-refractivity contribution in [1.82, 2.24) is 10.6 Å². The second-order valence-corrected chi connectivity index (χ2v) is 4.62. The zero-order valence-electron chi connectivity index (χ0n) is 10.8. The zero-order chi connectivity index (χ0) is 12.7. The molecule has 1 unspecified atom stereocenters. The summed E-state index contributed by atoms with van der Waals surface area (Å²) in [7, 11) is 0. The predicted octanol–water partition coefficient (Wildman–Crippen LogP) is 1.02. The Hall–Kier alpha value is -0.810. The third-order valence-corrected chi connectivity index (χ3v) is 3.55. The number of hydrogen-bond acceptors (Lipinski definition) is 3. The Morgan fingerprint density at radius 2 is 2.18 bits per heavy atom. The maximum absolute atomic E-state index is 11.7. The van der Waals surface area contributed by atoms with E-state index in [1.54, 1.807) is 0 Å². The first-order valence-corrected chi connectivity index (χ1v) is 6.44. The van der Waals surface area contributed by atoms with Crippen LogP contribution in [-0.4, -0.2) is 42.5 Å². The van der Waals surface area contributed by atoms with E-state index in [1.165, 1.54) is 0 Å². The number of rotatable bonds is 6. The lowest BCUT2D eigenvalue weighted by molar-refractivity contribution is 0.109. The fourth-order valence-electron chi connectivity index (χ4n) is 1.99. The molecule has 1 aliphatic heterocycles. The number of amides is 2. The molecule has 0 bridgehead atoms. The number of carbonyl (C=O) groups is 1. The highest BCUT2D eigenvalue weighted by Crippen LogP contribution is 2.14. The van der Waals surface area contributed by atoms with E-state index in [4.69, 9.17) is 4.74 Å². The molecular formula is C12H24N2O3. The summed E-state index contributed by atoms with van der Waals surface area (Å²) in [6.45, 7) is 5.22. The van der Waals surface area contributed by atoms with Gasteiger partial charge in [0.15, 0.2) is 0 Å². The van der Waals surface area contributed by atoms with Gasteiger partial charge in [-0.2, -0.15) is 0 Å². The van der Waals surface area contributed by atoms with E-state index < -0.39 is 5.54 Å². The average Bonchev–Trinajstić information content (AvgIpc) is 2.87. The van der Waals surface area contributed by atoms with Crippen LogP contribution >= 0.6 is 0 Å². The first kappa shape index (κ1) is 14.3. The summed E-state index contributed by atoms with van der Waals surface area (Å²) in [5.41, 5.74) is -0.499. The van der Waals surface area contributed by atoms with Crippen molar-refractivity contribution in [2.75, 3.05) is 19.8 Å². The number of urea groups is 1. The number of hydrogen-bond donors (Lipinski definition) is 3. The van der Waals surface area contributed by atoms with Crippen LogP contribution < -0.4 is 10.6 Å². The SMILES string of the molecule is CCC(CC)(CO)NC(=O)NCC1CCCO1. The van der Waals surface area contributed by atoms with Crippen LogP contribution in [0.5, 0.6) is 0 Å². The first-order valence-electron chi connectivity index (χ1n) is 6.44. The van der Waals surface area contributed by atoms with E-state index in [-0.39, 0.29) is 18.7 Å². The highest BCUT2D eigenvalue weighted by atomic mass is 16.5. The van der Waals surface area contributed by atoms with Crippen molar-refractivity contribution in [3.63, 3.8) is 0 Å². The third kappa shape index (κ3) is 4.16. The maximum atomic E-state index is 11.7. The Bertz CT molecular complexity index is 228. The van der Waals surface area contributed by atoms with Gasteiger partial charge in [0.25, 0.3) is 0 Å². The number of aliphatic hydroxyl groups excluding tert-OH is 1. The van der Waals surface area contributed by atoms with Gasteiger partial charge in [-0.05, 0) is 25.7 Å². The van der Waals surface area contributed by atoms with E-state index in [0.717, 1.165) is 19.4 Å². The lowest BCUT2D eigenvalue weighted by atomic mass is 9.94. The molecule has 0 spiro atoms. The molecule has 100 valence electrons. The topological polar surface area (TPSA) is 70.6 Å². The summed E-state index contributed by atoms with van der Waals surface area (Å²) in [5, 5.41) is 15.0. The van der Waals surface area contributed by atoms with Crippen LogP contribution in [0.2, 0.25) is 0 Å². The predicted molar refractivity (Wildman–Crippen MR) is 65.9 cm³/mol. The maximum Gasteiger partial charge on any atom is 0.315 e. The molecule has 0 aromatic carbocycles. The van der Waals surface area contributed by atoms with Crippen LogP contribution in [0.25, 0.3) is 0 Å². The monoisotopic (exact) mass is 244 g/mol. The highest BCUT2D eigenvalue weighted by molar-refractivity contribution is 5.74. The molecule has 0 aromatic heterocycles. The molecule has 1 fully saturated rings. The highest BCUT2D eigenvalue weighted by Gasteiger charge is 2.27. The lowest BCUT2D eigenvalue weighted by Gasteiger charge is -2.30. The van der Waals surface area contributed by atoms with Gasteiger partial charge < -0.3 is 20.5 Å². The molecular weight excluding hydrogens is 220 g/mol. The van der Waals surface area contributed by atoms with Crippen molar-refractivity contribution in [2.45, 2.75) is 51.2 Å². The van der Waals surface area contributed by atoms with Crippen molar-refractivity contribution in [2.24, 2.45) is 0 Å². The van der Waals surface area contributed by atoms with Gasteiger partial charge in [-0.3, -0.25) is 0 Å². The Morgan fingerprint density at radius 1 is 1.47 bits per heavy atom. The van der Waals surface area contributed by atoms with Crippen LogP contribution in [0, 0.1) is 0 Å². The van der Waals surface area contributed by atoms with Gasteiger partial charge in [-0.1, -0.05) is 13.8 Å². The van der Waals surface area contributed by atoms with E-state index >= 15 is 0 Å². The number of ether oxygens (including phenoxy) is 1. The van der Waals surface area contributed by atoms with Crippen molar-refractivity contribution >= 4 is 6.03 Å². The summed E-state index contributed by atoms with van der Waals surface area (Å²) < 4.78 is 5.42. The van der Waals surface area contributed by atoms with Gasteiger partial charge >= 0.3 is 6.03 Å². The summed E-state index contributed by atoms with van der Waals surface area (Å²) >= 11 is 0. The van der Waals surface area contributed by atoms with Crippen molar-refractivity contribution in [3.8, 4) is 0 Å². The Balaban J connectivity index is 2.31. The first-order chi connectivity index (χ1) is 8.15. The number of nitrogens with one attached hydrogen (secondary N) is 2. The van der Waals surface area contributed by atoms with Gasteiger partial charge in [0.2, 0.25) is 0 Å². The Kier molecular flexibility index (Phi) is 5.71. The van der Waals surface area contributed by atoms with Gasteiger partial charge in [-0.25, -0.2) is 4.79 Å². The molecule has 0 aromatic rings. The molecule has 5 heteroatoms.